The van der Waals surface area contributed by atoms with Crippen LogP contribution in [0.25, 0.3) is 0 Å². The Balaban J connectivity index is 4.75. The molecule has 0 amide bonds. The topological polar surface area (TPSA) is 0 Å². The first kappa shape index (κ1) is 12.7. The van der Waals surface area contributed by atoms with Crippen LogP contribution >= 0.6 is 31.8 Å². The summed E-state index contributed by atoms with van der Waals surface area (Å²) in [6, 6.07) is 0. The van der Waals surface area contributed by atoms with Crippen LogP contribution in [0.1, 0.15) is 0 Å². The average molecular weight is 355 g/mol. The Morgan fingerprint density at radius 2 is 0.909 bits per heavy atom. The third-order valence-corrected chi connectivity index (χ3v) is 24.0. The van der Waals surface area contributed by atoms with Crippen LogP contribution < -0.4 is 0 Å². The molecule has 0 nitrogen and oxygen atoms in total. The molecular formula is H2Cl2F6P2Pd. The molecule has 0 unspecified atom stereocenters. The summed E-state index contributed by atoms with van der Waals surface area (Å²) in [4.78, 5) is 0. The summed E-state index contributed by atoms with van der Waals surface area (Å²) >= 11 is -6.00. The molecule has 0 aliphatic carbocycles. The molecule has 0 aliphatic heterocycles. The standard InChI is InChI=1S/2ClH.2F3HP.Pd/c;;2*1-4(2)3;/h2*1H;2*4H;/q;;2*+1;/p-2. The van der Waals surface area contributed by atoms with Gasteiger partial charge in [0.05, 0.1) is 0 Å². The number of rotatable bonds is 2. The van der Waals surface area contributed by atoms with Crippen molar-refractivity contribution in [3.05, 3.63) is 0 Å². The monoisotopic (exact) mass is 354 g/mol. The van der Waals surface area contributed by atoms with Crippen molar-refractivity contribution < 1.29 is 37.7 Å². The number of hydrogen-bond donors (Lipinski definition) is 0. The summed E-state index contributed by atoms with van der Waals surface area (Å²) in [5.74, 6) is 0. The van der Waals surface area contributed by atoms with E-state index in [1.165, 1.54) is 0 Å². The second-order valence-electron chi connectivity index (χ2n) is 1.15. The quantitative estimate of drug-likeness (QED) is 0.368. The second kappa shape index (κ2) is 3.44. The van der Waals surface area contributed by atoms with Gasteiger partial charge in [-0.3, -0.25) is 0 Å². The van der Waals surface area contributed by atoms with Crippen molar-refractivity contribution in [2.75, 3.05) is 0 Å². The zero-order chi connectivity index (χ0) is 9.50. The number of hydrogen-bond acceptors (Lipinski definition) is 0. The number of halogens is 8. The first-order valence-electron chi connectivity index (χ1n) is 1.69. The third kappa shape index (κ3) is 2.83. The van der Waals surface area contributed by atoms with E-state index in [2.05, 4.69) is 19.1 Å². The molecule has 0 rings (SSSR count). The van der Waals surface area contributed by atoms with E-state index in [4.69, 9.17) is 0 Å². The van der Waals surface area contributed by atoms with Gasteiger partial charge in [-0.05, 0) is 0 Å². The summed E-state index contributed by atoms with van der Waals surface area (Å²) in [7, 11) is 8.55. The first-order chi connectivity index (χ1) is 4.50. The molecule has 0 saturated heterocycles. The fourth-order valence-corrected chi connectivity index (χ4v) is 5.41. The van der Waals surface area contributed by atoms with Crippen molar-refractivity contribution in [1.82, 2.24) is 0 Å². The molecule has 0 aliphatic rings. The van der Waals surface area contributed by atoms with Gasteiger partial charge in [0.25, 0.3) is 0 Å². The molecule has 0 heterocycles. The van der Waals surface area contributed by atoms with E-state index in [0.717, 1.165) is 0 Å². The Bertz CT molecular complexity index is 130. The Kier molecular flexibility index (Phi) is 3.97. The zero-order valence-electron chi connectivity index (χ0n) is 4.34. The minimum atomic E-state index is -6.90. The van der Waals surface area contributed by atoms with Gasteiger partial charge in [0, 0.05) is 0 Å². The molecule has 0 bridgehead atoms. The molecule has 0 radical (unpaired) electrons. The molecule has 0 fully saturated rings. The van der Waals surface area contributed by atoms with Crippen molar-refractivity contribution >= 4 is 31.8 Å². The molecule has 0 aromatic rings. The van der Waals surface area contributed by atoms with Crippen LogP contribution in [0.4, 0.5) is 25.2 Å². The second-order valence-corrected chi connectivity index (χ2v) is 27.0. The molecule has 0 atom stereocenters. The molecule has 0 N–H and O–H groups in total. The first-order valence-corrected chi connectivity index (χ1v) is 13.3. The van der Waals surface area contributed by atoms with Crippen LogP contribution in [-0.2, 0) is 12.5 Å². The summed E-state index contributed by atoms with van der Waals surface area (Å²) in [5, 5.41) is 0. The normalized spacial score (nSPS) is 19.6. The Labute approximate surface area is 69.6 Å². The van der Waals surface area contributed by atoms with E-state index in [1.54, 1.807) is 0 Å². The molecule has 0 aromatic heterocycles. The molecular weight excluding hydrogens is 353 g/mol. The van der Waals surface area contributed by atoms with Crippen LogP contribution in [0.5, 0.6) is 0 Å². The summed E-state index contributed by atoms with van der Waals surface area (Å²) in [6.45, 7) is 0. The maximum absolute atomic E-state index is 11.6. The molecule has 0 saturated carbocycles. The molecule has 78 valence electrons. The van der Waals surface area contributed by atoms with Crippen molar-refractivity contribution in [2.24, 2.45) is 0 Å². The van der Waals surface area contributed by atoms with Crippen LogP contribution in [-0.4, -0.2) is 0 Å². The Morgan fingerprint density at radius 1 is 0.727 bits per heavy atom. The van der Waals surface area contributed by atoms with Crippen LogP contribution in [0.2, 0.25) is 0 Å². The van der Waals surface area contributed by atoms with Gasteiger partial charge < -0.3 is 0 Å². The summed E-state index contributed by atoms with van der Waals surface area (Å²) in [6.07, 6.45) is -13.8. The van der Waals surface area contributed by atoms with Crippen LogP contribution in [0.15, 0.2) is 0 Å². The van der Waals surface area contributed by atoms with E-state index >= 15 is 0 Å². The van der Waals surface area contributed by atoms with Crippen LogP contribution in [0.3, 0.4) is 0 Å². The van der Waals surface area contributed by atoms with Gasteiger partial charge in [0.15, 0.2) is 0 Å². The maximum atomic E-state index is 11.6. The molecule has 11 heavy (non-hydrogen) atoms. The van der Waals surface area contributed by atoms with Crippen molar-refractivity contribution in [3.63, 3.8) is 0 Å². The van der Waals surface area contributed by atoms with Crippen molar-refractivity contribution in [2.45, 2.75) is 0 Å². The SMILES string of the molecule is F[PH](F)(F)[Pd]([Cl])([Cl])[PH](F)(F)F. The summed E-state index contributed by atoms with van der Waals surface area (Å²) < 4.78 is 69.5. The van der Waals surface area contributed by atoms with Crippen molar-refractivity contribution in [1.29, 1.82) is 0 Å². The third-order valence-electron chi connectivity index (χ3n) is 0.450. The predicted octanol–water partition coefficient (Wildman–Crippen LogP) is 5.08. The van der Waals surface area contributed by atoms with E-state index in [-0.39, 0.29) is 0 Å². The van der Waals surface area contributed by atoms with Gasteiger partial charge >= 0.3 is 69.5 Å². The van der Waals surface area contributed by atoms with Gasteiger partial charge in [-0.1, -0.05) is 0 Å². The molecule has 0 spiro atoms. The van der Waals surface area contributed by atoms with Gasteiger partial charge in [0.1, 0.15) is 0 Å². The van der Waals surface area contributed by atoms with Gasteiger partial charge in [-0.2, -0.15) is 0 Å². The summed E-state index contributed by atoms with van der Waals surface area (Å²) in [5.41, 5.74) is 0. The Hall–Kier alpha value is 1.68. The van der Waals surface area contributed by atoms with Gasteiger partial charge in [-0.15, -0.1) is 0 Å². The van der Waals surface area contributed by atoms with E-state index in [9.17, 15) is 25.2 Å². The predicted molar refractivity (Wildman–Crippen MR) is 35.0 cm³/mol. The van der Waals surface area contributed by atoms with Gasteiger partial charge in [0.2, 0.25) is 0 Å². The van der Waals surface area contributed by atoms with E-state index < -0.39 is 25.3 Å². The fourth-order valence-electron chi connectivity index (χ4n) is 0.102. The molecule has 0 aromatic carbocycles. The van der Waals surface area contributed by atoms with Gasteiger partial charge in [-0.25, -0.2) is 0 Å². The average Bonchev–Trinajstić information content (AvgIpc) is 1.58. The van der Waals surface area contributed by atoms with Crippen LogP contribution in [0, 0.1) is 0 Å². The Morgan fingerprint density at radius 3 is 0.909 bits per heavy atom. The fraction of sp³-hybridized carbons (Fsp3) is 0. The minimum absolute atomic E-state index is 4.28. The van der Waals surface area contributed by atoms with Crippen molar-refractivity contribution in [3.8, 4) is 0 Å². The zero-order valence-corrected chi connectivity index (χ0v) is 9.41. The van der Waals surface area contributed by atoms with E-state index in [1.807, 2.05) is 0 Å². The molecule has 11 heteroatoms. The van der Waals surface area contributed by atoms with E-state index in [0.29, 0.717) is 0 Å².